The molecule has 1 amide bonds. The summed E-state index contributed by atoms with van der Waals surface area (Å²) < 4.78 is 5.72. The van der Waals surface area contributed by atoms with Crippen molar-refractivity contribution in [1.29, 1.82) is 0 Å². The van der Waals surface area contributed by atoms with E-state index >= 15 is 0 Å². The Morgan fingerprint density at radius 3 is 2.44 bits per heavy atom. The van der Waals surface area contributed by atoms with Crippen molar-refractivity contribution in [1.82, 2.24) is 4.90 Å². The van der Waals surface area contributed by atoms with Gasteiger partial charge in [-0.2, -0.15) is 0 Å². The lowest BCUT2D eigenvalue weighted by atomic mass is 10.2. The number of amides is 1. The molecule has 2 aromatic carbocycles. The van der Waals surface area contributed by atoms with Crippen LogP contribution >= 0.6 is 23.2 Å². The van der Waals surface area contributed by atoms with E-state index in [1.165, 1.54) is 0 Å². The molecule has 0 saturated heterocycles. The molecule has 4 nitrogen and oxygen atoms in total. The van der Waals surface area contributed by atoms with Crippen LogP contribution < -0.4 is 10.1 Å². The maximum absolute atomic E-state index is 12.0. The molecule has 0 spiro atoms. The molecular formula is C21H22Cl2N2O2. The van der Waals surface area contributed by atoms with Gasteiger partial charge in [-0.1, -0.05) is 43.0 Å². The molecule has 1 N–H and O–H groups in total. The van der Waals surface area contributed by atoms with Crippen LogP contribution in [0.2, 0.25) is 10.0 Å². The number of carbonyl (C=O) groups is 1. The number of benzene rings is 2. The van der Waals surface area contributed by atoms with Crippen LogP contribution in [0.1, 0.15) is 19.4 Å². The van der Waals surface area contributed by atoms with E-state index in [4.69, 9.17) is 27.9 Å². The Labute approximate surface area is 170 Å². The van der Waals surface area contributed by atoms with Gasteiger partial charge >= 0.3 is 5.91 Å². The maximum Gasteiger partial charge on any atom is 0.300 e. The maximum atomic E-state index is 12.0. The first-order chi connectivity index (χ1) is 13.0. The summed E-state index contributed by atoms with van der Waals surface area (Å²) in [6.45, 7) is 7.78. The summed E-state index contributed by atoms with van der Waals surface area (Å²) in [4.78, 5) is 14.3. The van der Waals surface area contributed by atoms with Crippen molar-refractivity contribution < 1.29 is 9.53 Å². The van der Waals surface area contributed by atoms with Gasteiger partial charge in [-0.05, 0) is 55.6 Å². The van der Waals surface area contributed by atoms with Crippen molar-refractivity contribution in [2.75, 3.05) is 31.6 Å². The fourth-order valence-electron chi connectivity index (χ4n) is 2.34. The number of anilines is 1. The molecule has 2 aromatic rings. The predicted octanol–water partition coefficient (Wildman–Crippen LogP) is 4.70. The van der Waals surface area contributed by atoms with Crippen molar-refractivity contribution in [3.8, 4) is 17.6 Å². The molecule has 0 bridgehead atoms. The molecule has 0 aliphatic carbocycles. The Morgan fingerprint density at radius 2 is 1.81 bits per heavy atom. The third-order valence-electron chi connectivity index (χ3n) is 3.92. The van der Waals surface area contributed by atoms with Gasteiger partial charge in [-0.25, -0.2) is 0 Å². The van der Waals surface area contributed by atoms with Gasteiger partial charge in [0, 0.05) is 28.7 Å². The normalized spacial score (nSPS) is 10.3. The number of halogens is 2. The van der Waals surface area contributed by atoms with Crippen LogP contribution in [-0.2, 0) is 4.79 Å². The van der Waals surface area contributed by atoms with Gasteiger partial charge in [0.1, 0.15) is 12.4 Å². The highest BCUT2D eigenvalue weighted by molar-refractivity contribution is 6.35. The van der Waals surface area contributed by atoms with Crippen LogP contribution in [0.5, 0.6) is 5.75 Å². The predicted molar refractivity (Wildman–Crippen MR) is 112 cm³/mol. The summed E-state index contributed by atoms with van der Waals surface area (Å²) in [7, 11) is 0. The first kappa shape index (κ1) is 21.1. The molecule has 0 aliphatic heterocycles. The van der Waals surface area contributed by atoms with Gasteiger partial charge in [0.2, 0.25) is 0 Å². The lowest BCUT2D eigenvalue weighted by Gasteiger charge is -2.18. The summed E-state index contributed by atoms with van der Waals surface area (Å²) in [5.41, 5.74) is 1.20. The average Bonchev–Trinajstić information content (AvgIpc) is 2.66. The van der Waals surface area contributed by atoms with Gasteiger partial charge in [-0.3, -0.25) is 4.79 Å². The highest BCUT2D eigenvalue weighted by atomic mass is 35.5. The van der Waals surface area contributed by atoms with Crippen molar-refractivity contribution >= 4 is 34.8 Å². The first-order valence-electron chi connectivity index (χ1n) is 8.75. The number of rotatable bonds is 7. The van der Waals surface area contributed by atoms with Crippen LogP contribution in [0.3, 0.4) is 0 Å². The highest BCUT2D eigenvalue weighted by Crippen LogP contribution is 2.20. The number of likely N-dealkylation sites (N-methyl/N-ethyl adjacent to an activating group) is 1. The largest absolute Gasteiger partial charge is 0.492 e. The van der Waals surface area contributed by atoms with Crippen LogP contribution in [0.4, 0.5) is 5.69 Å². The van der Waals surface area contributed by atoms with Gasteiger partial charge < -0.3 is 15.0 Å². The molecule has 2 rings (SSSR count). The fourth-order valence-corrected chi connectivity index (χ4v) is 2.80. The van der Waals surface area contributed by atoms with E-state index in [0.29, 0.717) is 27.9 Å². The lowest BCUT2D eigenvalue weighted by Crippen LogP contribution is -2.27. The molecule has 0 heterocycles. The third kappa shape index (κ3) is 7.15. The number of ether oxygens (including phenoxy) is 1. The Kier molecular flexibility index (Phi) is 8.47. The zero-order chi connectivity index (χ0) is 19.6. The molecule has 0 fully saturated rings. The van der Waals surface area contributed by atoms with E-state index < -0.39 is 5.91 Å². The Balaban J connectivity index is 1.87. The zero-order valence-electron chi connectivity index (χ0n) is 15.4. The van der Waals surface area contributed by atoms with Crippen molar-refractivity contribution in [3.63, 3.8) is 0 Å². The van der Waals surface area contributed by atoms with E-state index in [1.807, 2.05) is 12.1 Å². The summed E-state index contributed by atoms with van der Waals surface area (Å²) in [5.74, 6) is 5.60. The van der Waals surface area contributed by atoms with Gasteiger partial charge in [0.25, 0.3) is 0 Å². The number of hydrogen-bond acceptors (Lipinski definition) is 3. The topological polar surface area (TPSA) is 41.6 Å². The van der Waals surface area contributed by atoms with Gasteiger partial charge in [0.05, 0.1) is 5.02 Å². The minimum Gasteiger partial charge on any atom is -0.492 e. The molecule has 0 saturated carbocycles. The summed E-state index contributed by atoms with van der Waals surface area (Å²) in [6.07, 6.45) is 0. The second kappa shape index (κ2) is 10.8. The van der Waals surface area contributed by atoms with E-state index in [1.54, 1.807) is 30.3 Å². The Morgan fingerprint density at radius 1 is 1.11 bits per heavy atom. The standard InChI is InChI=1S/C21H22Cl2N2O2/c1-3-25(4-2)13-14-27-19-10-8-18(9-11-19)24-21(26)12-6-16-5-7-17(22)15-20(16)23/h5,7-11,15H,3-4,13-14H2,1-2H3,(H,24,26). The first-order valence-corrected chi connectivity index (χ1v) is 9.50. The summed E-state index contributed by atoms with van der Waals surface area (Å²) in [6, 6.07) is 12.1. The Bertz CT molecular complexity index is 822. The molecule has 0 aromatic heterocycles. The number of carbonyl (C=O) groups excluding carboxylic acids is 1. The minimum absolute atomic E-state index is 0.411. The van der Waals surface area contributed by atoms with Crippen LogP contribution in [0.25, 0.3) is 0 Å². The quantitative estimate of drug-likeness (QED) is 0.679. The second-order valence-electron chi connectivity index (χ2n) is 5.73. The minimum atomic E-state index is -0.420. The average molecular weight is 405 g/mol. The van der Waals surface area contributed by atoms with E-state index in [0.717, 1.165) is 25.4 Å². The SMILES string of the molecule is CCN(CC)CCOc1ccc(NC(=O)C#Cc2ccc(Cl)cc2Cl)cc1. The fraction of sp³-hybridized carbons (Fsp3) is 0.286. The molecule has 0 unspecified atom stereocenters. The van der Waals surface area contributed by atoms with Gasteiger partial charge in [0.15, 0.2) is 0 Å². The lowest BCUT2D eigenvalue weighted by molar-refractivity contribution is -0.111. The molecular weight excluding hydrogens is 383 g/mol. The monoisotopic (exact) mass is 404 g/mol. The van der Waals surface area contributed by atoms with E-state index in [2.05, 4.69) is 35.9 Å². The second-order valence-corrected chi connectivity index (χ2v) is 6.57. The summed E-state index contributed by atoms with van der Waals surface area (Å²) in [5, 5.41) is 3.65. The van der Waals surface area contributed by atoms with E-state index in [9.17, 15) is 4.79 Å². The Hall–Kier alpha value is -2.19. The number of nitrogens with one attached hydrogen (secondary N) is 1. The molecule has 6 heteroatoms. The van der Waals surface area contributed by atoms with Crippen LogP contribution in [0, 0.1) is 11.8 Å². The molecule has 0 atom stereocenters. The van der Waals surface area contributed by atoms with Crippen molar-refractivity contribution in [2.24, 2.45) is 0 Å². The van der Waals surface area contributed by atoms with E-state index in [-0.39, 0.29) is 0 Å². The zero-order valence-corrected chi connectivity index (χ0v) is 16.9. The van der Waals surface area contributed by atoms with Crippen molar-refractivity contribution in [2.45, 2.75) is 13.8 Å². The van der Waals surface area contributed by atoms with Gasteiger partial charge in [-0.15, -0.1) is 0 Å². The number of nitrogens with zero attached hydrogens (tertiary/aromatic N) is 1. The molecule has 0 radical (unpaired) electrons. The summed E-state index contributed by atoms with van der Waals surface area (Å²) >= 11 is 11.9. The molecule has 142 valence electrons. The third-order valence-corrected chi connectivity index (χ3v) is 4.47. The highest BCUT2D eigenvalue weighted by Gasteiger charge is 2.02. The van der Waals surface area contributed by atoms with Crippen LogP contribution in [-0.4, -0.2) is 37.0 Å². The smallest absolute Gasteiger partial charge is 0.300 e. The molecule has 0 aliphatic rings. The number of hydrogen-bond donors (Lipinski definition) is 1. The van der Waals surface area contributed by atoms with Crippen LogP contribution in [0.15, 0.2) is 42.5 Å². The molecule has 27 heavy (non-hydrogen) atoms. The van der Waals surface area contributed by atoms with Crippen molar-refractivity contribution in [3.05, 3.63) is 58.1 Å².